The molecule has 0 radical (unpaired) electrons. The molecular weight excluding hydrogens is 372 g/mol. The molecule has 1 aliphatic rings. The lowest BCUT2D eigenvalue weighted by molar-refractivity contribution is -0.384. The average molecular weight is 396 g/mol. The van der Waals surface area contributed by atoms with Gasteiger partial charge in [-0.1, -0.05) is 18.2 Å². The molecule has 0 spiro atoms. The third-order valence-electron chi connectivity index (χ3n) is 5.22. The summed E-state index contributed by atoms with van der Waals surface area (Å²) in [5.41, 5.74) is 6.66. The van der Waals surface area contributed by atoms with Gasteiger partial charge in [-0.3, -0.25) is 19.7 Å². The Hall–Kier alpha value is -3.26. The summed E-state index contributed by atoms with van der Waals surface area (Å²) >= 11 is 0. The highest BCUT2D eigenvalue weighted by Gasteiger charge is 2.29. The van der Waals surface area contributed by atoms with Crippen molar-refractivity contribution in [2.45, 2.75) is 6.42 Å². The first-order valence-electron chi connectivity index (χ1n) is 9.42. The minimum absolute atomic E-state index is 0.157. The van der Waals surface area contributed by atoms with Gasteiger partial charge in [0.15, 0.2) is 5.78 Å². The summed E-state index contributed by atoms with van der Waals surface area (Å²) in [7, 11) is 3.39. The molecular formula is C21H24N4O4. The lowest BCUT2D eigenvalue weighted by Gasteiger charge is -2.18. The van der Waals surface area contributed by atoms with Gasteiger partial charge < -0.3 is 15.5 Å². The summed E-state index contributed by atoms with van der Waals surface area (Å²) in [6, 6.07) is 10.9. The quantitative estimate of drug-likeness (QED) is 0.456. The smallest absolute Gasteiger partial charge is 0.293 e. The van der Waals surface area contributed by atoms with Crippen LogP contribution in [0.3, 0.4) is 0 Å². The Balaban J connectivity index is 1.96. The molecule has 152 valence electrons. The van der Waals surface area contributed by atoms with Gasteiger partial charge >= 0.3 is 0 Å². The van der Waals surface area contributed by atoms with E-state index in [9.17, 15) is 19.7 Å². The summed E-state index contributed by atoms with van der Waals surface area (Å²) in [5, 5.41) is 11.4. The summed E-state index contributed by atoms with van der Waals surface area (Å²) in [6.45, 7) is 1.69. The van der Waals surface area contributed by atoms with Crippen molar-refractivity contribution in [3.63, 3.8) is 0 Å². The Morgan fingerprint density at radius 3 is 2.48 bits per heavy atom. The molecule has 0 aliphatic carbocycles. The number of rotatable bonds is 6. The van der Waals surface area contributed by atoms with Crippen LogP contribution < -0.4 is 10.6 Å². The van der Waals surface area contributed by atoms with Crippen molar-refractivity contribution in [3.8, 4) is 0 Å². The third-order valence-corrected chi connectivity index (χ3v) is 5.22. The third kappa shape index (κ3) is 4.12. The van der Waals surface area contributed by atoms with Crippen LogP contribution in [-0.4, -0.2) is 55.2 Å². The minimum Gasteiger partial charge on any atom is -0.372 e. The van der Waals surface area contributed by atoms with E-state index in [1.807, 2.05) is 0 Å². The summed E-state index contributed by atoms with van der Waals surface area (Å²) in [4.78, 5) is 40.4. The van der Waals surface area contributed by atoms with Gasteiger partial charge in [-0.25, -0.2) is 0 Å². The number of amides is 1. The molecule has 1 unspecified atom stereocenters. The van der Waals surface area contributed by atoms with E-state index in [2.05, 4.69) is 0 Å². The maximum absolute atomic E-state index is 13.1. The van der Waals surface area contributed by atoms with Crippen LogP contribution in [0.2, 0.25) is 0 Å². The van der Waals surface area contributed by atoms with Crippen LogP contribution in [0.15, 0.2) is 42.5 Å². The summed E-state index contributed by atoms with van der Waals surface area (Å²) < 4.78 is 0. The van der Waals surface area contributed by atoms with Gasteiger partial charge in [0.1, 0.15) is 5.69 Å². The predicted molar refractivity (Wildman–Crippen MR) is 110 cm³/mol. The van der Waals surface area contributed by atoms with E-state index in [1.54, 1.807) is 60.3 Å². The van der Waals surface area contributed by atoms with Gasteiger partial charge in [-0.05, 0) is 37.1 Å². The lowest BCUT2D eigenvalue weighted by Crippen LogP contribution is -2.31. The van der Waals surface area contributed by atoms with E-state index < -0.39 is 10.7 Å². The molecule has 2 aromatic carbocycles. The van der Waals surface area contributed by atoms with Crippen LogP contribution in [0.25, 0.3) is 0 Å². The number of nitrogens with two attached hydrogens (primary N) is 1. The number of nitro benzene ring substituents is 1. The fourth-order valence-corrected chi connectivity index (χ4v) is 3.59. The standard InChI is InChI=1S/C21H24N4O4/c1-23(2)18-8-7-15(11-19(18)25(28)29)20(26)16-5-3-4-6-17(16)21(27)24-10-9-14(12-22)13-24/h3-8,11,14H,9-10,12-13,22H2,1-2H3. The Labute approximate surface area is 169 Å². The van der Waals surface area contributed by atoms with Gasteiger partial charge in [-0.2, -0.15) is 0 Å². The van der Waals surface area contributed by atoms with E-state index in [0.29, 0.717) is 30.9 Å². The predicted octanol–water partition coefficient (Wildman–Crippen LogP) is 2.31. The number of nitrogens with zero attached hydrogens (tertiary/aromatic N) is 3. The number of likely N-dealkylation sites (tertiary alicyclic amines) is 1. The number of anilines is 1. The van der Waals surface area contributed by atoms with Crippen LogP contribution in [0.4, 0.5) is 11.4 Å². The second-order valence-electron chi connectivity index (χ2n) is 7.37. The molecule has 0 bridgehead atoms. The van der Waals surface area contributed by atoms with Crippen molar-refractivity contribution in [2.24, 2.45) is 11.7 Å². The number of carbonyl (C=O) groups excluding carboxylic acids is 2. The molecule has 1 atom stereocenters. The highest BCUT2D eigenvalue weighted by atomic mass is 16.6. The molecule has 0 aromatic heterocycles. The largest absolute Gasteiger partial charge is 0.372 e. The summed E-state index contributed by atoms with van der Waals surface area (Å²) in [5.74, 6) is -0.371. The van der Waals surface area contributed by atoms with Crippen molar-refractivity contribution < 1.29 is 14.5 Å². The molecule has 1 saturated heterocycles. The van der Waals surface area contributed by atoms with Gasteiger partial charge in [0.2, 0.25) is 0 Å². The van der Waals surface area contributed by atoms with E-state index in [0.717, 1.165) is 6.42 Å². The fourth-order valence-electron chi connectivity index (χ4n) is 3.59. The zero-order valence-corrected chi connectivity index (χ0v) is 16.5. The zero-order valence-electron chi connectivity index (χ0n) is 16.5. The van der Waals surface area contributed by atoms with Crippen molar-refractivity contribution >= 4 is 23.1 Å². The number of ketones is 1. The minimum atomic E-state index is -0.514. The Morgan fingerprint density at radius 1 is 1.21 bits per heavy atom. The Bertz CT molecular complexity index is 957. The number of nitro groups is 1. The van der Waals surface area contributed by atoms with Gasteiger partial charge in [-0.15, -0.1) is 0 Å². The topological polar surface area (TPSA) is 110 Å². The summed E-state index contributed by atoms with van der Waals surface area (Å²) in [6.07, 6.45) is 0.844. The molecule has 1 fully saturated rings. The van der Waals surface area contributed by atoms with E-state index in [4.69, 9.17) is 5.73 Å². The normalized spacial score (nSPS) is 16.0. The average Bonchev–Trinajstić information content (AvgIpc) is 3.21. The molecule has 3 rings (SSSR count). The maximum Gasteiger partial charge on any atom is 0.293 e. The molecule has 8 heteroatoms. The van der Waals surface area contributed by atoms with Crippen LogP contribution in [-0.2, 0) is 0 Å². The first-order chi connectivity index (χ1) is 13.8. The molecule has 1 heterocycles. The van der Waals surface area contributed by atoms with Crippen molar-refractivity contribution in [1.82, 2.24) is 4.90 Å². The van der Waals surface area contributed by atoms with Crippen LogP contribution in [0.1, 0.15) is 32.7 Å². The van der Waals surface area contributed by atoms with Gasteiger partial charge in [0.25, 0.3) is 11.6 Å². The van der Waals surface area contributed by atoms with Crippen molar-refractivity contribution in [1.29, 1.82) is 0 Å². The maximum atomic E-state index is 13.1. The van der Waals surface area contributed by atoms with E-state index >= 15 is 0 Å². The Kier molecular flexibility index (Phi) is 5.93. The highest BCUT2D eigenvalue weighted by molar-refractivity contribution is 6.15. The van der Waals surface area contributed by atoms with Crippen molar-refractivity contribution in [2.75, 3.05) is 38.6 Å². The number of benzene rings is 2. The second kappa shape index (κ2) is 8.40. The molecule has 1 amide bonds. The SMILES string of the molecule is CN(C)c1ccc(C(=O)c2ccccc2C(=O)N2CCC(CN)C2)cc1[N+](=O)[O-]. The number of hydrogen-bond donors (Lipinski definition) is 1. The molecule has 2 N–H and O–H groups in total. The van der Waals surface area contributed by atoms with Gasteiger partial charge in [0, 0.05) is 44.4 Å². The van der Waals surface area contributed by atoms with Crippen molar-refractivity contribution in [3.05, 3.63) is 69.3 Å². The monoisotopic (exact) mass is 396 g/mol. The lowest BCUT2D eigenvalue weighted by atomic mass is 9.97. The Morgan fingerprint density at radius 2 is 1.90 bits per heavy atom. The molecule has 1 aliphatic heterocycles. The van der Waals surface area contributed by atoms with Crippen LogP contribution >= 0.6 is 0 Å². The molecule has 8 nitrogen and oxygen atoms in total. The second-order valence-corrected chi connectivity index (χ2v) is 7.37. The van der Waals surface area contributed by atoms with E-state index in [1.165, 1.54) is 6.07 Å². The highest BCUT2D eigenvalue weighted by Crippen LogP contribution is 2.29. The van der Waals surface area contributed by atoms with Crippen LogP contribution in [0, 0.1) is 16.0 Å². The zero-order chi connectivity index (χ0) is 21.1. The van der Waals surface area contributed by atoms with Crippen LogP contribution in [0.5, 0.6) is 0 Å². The fraction of sp³-hybridized carbons (Fsp3) is 0.333. The first kappa shape index (κ1) is 20.5. The van der Waals surface area contributed by atoms with E-state index in [-0.39, 0.29) is 28.6 Å². The van der Waals surface area contributed by atoms with Gasteiger partial charge in [0.05, 0.1) is 10.5 Å². The molecule has 2 aromatic rings. The molecule has 0 saturated carbocycles. The number of hydrogen-bond acceptors (Lipinski definition) is 6. The number of carbonyl (C=O) groups is 2. The first-order valence-corrected chi connectivity index (χ1v) is 9.42. The molecule has 29 heavy (non-hydrogen) atoms.